The molecule has 2 heteroatoms. The number of aliphatic carboxylic acids is 1. The van der Waals surface area contributed by atoms with Crippen molar-refractivity contribution in [3.05, 3.63) is 36.5 Å². The van der Waals surface area contributed by atoms with Gasteiger partial charge in [0, 0.05) is 0 Å². The first-order valence-electron chi connectivity index (χ1n) is 3.53. The van der Waals surface area contributed by atoms with E-state index in [1.54, 1.807) is 12.2 Å². The summed E-state index contributed by atoms with van der Waals surface area (Å²) in [5.74, 6) is -1.13. The van der Waals surface area contributed by atoms with Crippen LogP contribution in [0.1, 0.15) is 6.42 Å². The summed E-state index contributed by atoms with van der Waals surface area (Å²) in [4.78, 5) is 10.5. The number of hydrogen-bond acceptors (Lipinski definition) is 1. The first kappa shape index (κ1) is 7.79. The third-order valence-corrected chi connectivity index (χ3v) is 1.52. The van der Waals surface area contributed by atoms with Gasteiger partial charge in [-0.3, -0.25) is 4.79 Å². The van der Waals surface area contributed by atoms with E-state index < -0.39 is 5.97 Å². The van der Waals surface area contributed by atoms with Gasteiger partial charge in [-0.1, -0.05) is 36.5 Å². The first-order chi connectivity index (χ1) is 5.30. The summed E-state index contributed by atoms with van der Waals surface area (Å²) in [6, 6.07) is 0. The molecule has 0 bridgehead atoms. The quantitative estimate of drug-likeness (QED) is 0.618. The minimum Gasteiger partial charge on any atom is -0.481 e. The van der Waals surface area contributed by atoms with Crippen LogP contribution >= 0.6 is 0 Å². The van der Waals surface area contributed by atoms with Gasteiger partial charge in [-0.15, -0.1) is 0 Å². The molecule has 0 saturated carbocycles. The summed E-state index contributed by atoms with van der Waals surface area (Å²) < 4.78 is 0. The second kappa shape index (κ2) is 3.76. The molecule has 0 radical (unpaired) electrons. The zero-order valence-electron chi connectivity index (χ0n) is 6.10. The number of allylic oxidation sites excluding steroid dienone is 5. The van der Waals surface area contributed by atoms with Gasteiger partial charge in [-0.2, -0.15) is 0 Å². The van der Waals surface area contributed by atoms with Crippen molar-refractivity contribution in [3.63, 3.8) is 0 Å². The maximum Gasteiger partial charge on any atom is 0.310 e. The molecule has 58 valence electrons. The third-order valence-electron chi connectivity index (χ3n) is 1.52. The lowest BCUT2D eigenvalue weighted by Crippen LogP contribution is -2.09. The molecule has 1 rings (SSSR count). The second-order valence-corrected chi connectivity index (χ2v) is 2.38. The van der Waals surface area contributed by atoms with Crippen molar-refractivity contribution >= 4 is 5.97 Å². The molecular formula is C9H10O2. The van der Waals surface area contributed by atoms with Gasteiger partial charge in [0.15, 0.2) is 0 Å². The average molecular weight is 150 g/mol. The Morgan fingerprint density at radius 2 is 2.00 bits per heavy atom. The molecule has 0 saturated heterocycles. The fourth-order valence-electron chi connectivity index (χ4n) is 0.892. The molecule has 2 nitrogen and oxygen atoms in total. The highest BCUT2D eigenvalue weighted by atomic mass is 16.4. The van der Waals surface area contributed by atoms with E-state index in [0.29, 0.717) is 6.42 Å². The molecule has 11 heavy (non-hydrogen) atoms. The van der Waals surface area contributed by atoms with Crippen molar-refractivity contribution in [3.8, 4) is 0 Å². The molecule has 0 fully saturated rings. The van der Waals surface area contributed by atoms with Gasteiger partial charge < -0.3 is 5.11 Å². The molecule has 0 aromatic carbocycles. The molecule has 1 aliphatic carbocycles. The number of carbonyl (C=O) groups is 1. The van der Waals surface area contributed by atoms with Crippen molar-refractivity contribution in [1.29, 1.82) is 0 Å². The normalized spacial score (nSPS) is 28.5. The van der Waals surface area contributed by atoms with Crippen molar-refractivity contribution in [1.82, 2.24) is 0 Å². The first-order valence-corrected chi connectivity index (χ1v) is 3.53. The Kier molecular flexibility index (Phi) is 2.66. The maximum atomic E-state index is 10.5. The third kappa shape index (κ3) is 2.42. The van der Waals surface area contributed by atoms with Gasteiger partial charge in [0.25, 0.3) is 0 Å². The maximum absolute atomic E-state index is 10.5. The van der Waals surface area contributed by atoms with Crippen LogP contribution in [0.15, 0.2) is 36.5 Å². The summed E-state index contributed by atoms with van der Waals surface area (Å²) in [5.41, 5.74) is 0. The van der Waals surface area contributed by atoms with Gasteiger partial charge in [-0.25, -0.2) is 0 Å². The smallest absolute Gasteiger partial charge is 0.310 e. The van der Waals surface area contributed by atoms with Crippen LogP contribution < -0.4 is 0 Å². The van der Waals surface area contributed by atoms with E-state index in [0.717, 1.165) is 0 Å². The molecule has 0 spiro atoms. The molecule has 0 unspecified atom stereocenters. The van der Waals surface area contributed by atoms with Gasteiger partial charge in [0.1, 0.15) is 0 Å². The van der Waals surface area contributed by atoms with Crippen molar-refractivity contribution in [2.45, 2.75) is 6.42 Å². The Morgan fingerprint density at radius 3 is 2.73 bits per heavy atom. The van der Waals surface area contributed by atoms with Crippen molar-refractivity contribution in [2.75, 3.05) is 0 Å². The Labute approximate surface area is 65.5 Å². The van der Waals surface area contributed by atoms with Gasteiger partial charge in [-0.05, 0) is 6.42 Å². The highest BCUT2D eigenvalue weighted by Gasteiger charge is 2.10. The van der Waals surface area contributed by atoms with Crippen LogP contribution in [0.3, 0.4) is 0 Å². The lowest BCUT2D eigenvalue weighted by atomic mass is 10.0. The largest absolute Gasteiger partial charge is 0.481 e. The Morgan fingerprint density at radius 1 is 1.27 bits per heavy atom. The van der Waals surface area contributed by atoms with E-state index in [9.17, 15) is 4.79 Å². The molecular weight excluding hydrogens is 140 g/mol. The summed E-state index contributed by atoms with van der Waals surface area (Å²) in [6.45, 7) is 0. The van der Waals surface area contributed by atoms with Crippen LogP contribution in [-0.4, -0.2) is 11.1 Å². The lowest BCUT2D eigenvalue weighted by Gasteiger charge is -2.03. The molecule has 1 aliphatic rings. The summed E-state index contributed by atoms with van der Waals surface area (Å²) in [6.07, 6.45) is 11.5. The Hall–Kier alpha value is -1.31. The van der Waals surface area contributed by atoms with Crippen LogP contribution in [-0.2, 0) is 4.79 Å². The zero-order chi connectivity index (χ0) is 8.10. The molecule has 0 aromatic heterocycles. The summed E-state index contributed by atoms with van der Waals surface area (Å²) in [5, 5.41) is 8.65. The van der Waals surface area contributed by atoms with E-state index in [2.05, 4.69) is 0 Å². The van der Waals surface area contributed by atoms with E-state index in [4.69, 9.17) is 5.11 Å². The Bertz CT molecular complexity index is 224. The molecule has 0 amide bonds. The topological polar surface area (TPSA) is 37.3 Å². The number of carboxylic acids is 1. The fraction of sp³-hybridized carbons (Fsp3) is 0.222. The highest BCUT2D eigenvalue weighted by molar-refractivity contribution is 5.72. The van der Waals surface area contributed by atoms with Gasteiger partial charge in [0.2, 0.25) is 0 Å². The number of hydrogen-bond donors (Lipinski definition) is 1. The van der Waals surface area contributed by atoms with Gasteiger partial charge in [0.05, 0.1) is 5.92 Å². The average Bonchev–Trinajstić information content (AvgIpc) is 1.84. The number of carboxylic acid groups (broad SMARTS) is 1. The number of rotatable bonds is 1. The van der Waals surface area contributed by atoms with Crippen LogP contribution in [0.25, 0.3) is 0 Å². The monoisotopic (exact) mass is 150 g/mol. The van der Waals surface area contributed by atoms with E-state index in [-0.39, 0.29) is 5.92 Å². The fourth-order valence-corrected chi connectivity index (χ4v) is 0.892. The van der Waals surface area contributed by atoms with E-state index >= 15 is 0 Å². The second-order valence-electron chi connectivity index (χ2n) is 2.38. The summed E-state index contributed by atoms with van der Waals surface area (Å²) >= 11 is 0. The van der Waals surface area contributed by atoms with Crippen LogP contribution in [0.5, 0.6) is 0 Å². The standard InChI is InChI=1S/C9H10O2/c10-9(11)8-6-4-2-1-3-5-7-8/h1-6,8H,7H2,(H,10,11)/b2-1+,5-3+,6-4?/t8-/m0/s1. The molecule has 1 N–H and O–H groups in total. The zero-order valence-corrected chi connectivity index (χ0v) is 6.10. The van der Waals surface area contributed by atoms with Gasteiger partial charge >= 0.3 is 5.97 Å². The molecule has 0 aliphatic heterocycles. The van der Waals surface area contributed by atoms with Crippen LogP contribution in [0.4, 0.5) is 0 Å². The predicted octanol–water partition coefficient (Wildman–Crippen LogP) is 1.76. The minimum atomic E-state index is -0.763. The minimum absolute atomic E-state index is 0.365. The Balaban J connectivity index is 2.68. The van der Waals surface area contributed by atoms with Crippen molar-refractivity contribution in [2.24, 2.45) is 5.92 Å². The lowest BCUT2D eigenvalue weighted by molar-refractivity contribution is -0.139. The summed E-state index contributed by atoms with van der Waals surface area (Å²) in [7, 11) is 0. The molecule has 0 heterocycles. The van der Waals surface area contributed by atoms with E-state index in [1.807, 2.05) is 24.3 Å². The predicted molar refractivity (Wildman–Crippen MR) is 43.2 cm³/mol. The van der Waals surface area contributed by atoms with Crippen LogP contribution in [0, 0.1) is 5.92 Å². The van der Waals surface area contributed by atoms with Crippen molar-refractivity contribution < 1.29 is 9.90 Å². The molecule has 0 aromatic rings. The van der Waals surface area contributed by atoms with E-state index in [1.165, 1.54) is 0 Å². The SMILES string of the molecule is O=C(O)[C@H]1C=C/C=C/C=C/C1. The highest BCUT2D eigenvalue weighted by Crippen LogP contribution is 2.08. The van der Waals surface area contributed by atoms with Crippen LogP contribution in [0.2, 0.25) is 0 Å². The molecule has 1 atom stereocenters.